The van der Waals surface area contributed by atoms with E-state index in [-0.39, 0.29) is 0 Å². The molecular formula is C17H18N2. The second-order valence-electron chi connectivity index (χ2n) is 4.86. The van der Waals surface area contributed by atoms with Gasteiger partial charge in [-0.2, -0.15) is 0 Å². The number of aromatic nitrogens is 1. The van der Waals surface area contributed by atoms with Gasteiger partial charge >= 0.3 is 0 Å². The van der Waals surface area contributed by atoms with Crippen LogP contribution in [0.1, 0.15) is 5.56 Å². The van der Waals surface area contributed by atoms with Crippen molar-refractivity contribution in [2.75, 3.05) is 11.9 Å². The molecule has 0 amide bonds. The second kappa shape index (κ2) is 5.19. The first-order chi connectivity index (χ1) is 9.33. The van der Waals surface area contributed by atoms with Crippen LogP contribution in [0.5, 0.6) is 0 Å². The van der Waals surface area contributed by atoms with Crippen LogP contribution in [0.3, 0.4) is 0 Å². The lowest BCUT2D eigenvalue weighted by Crippen LogP contribution is -2.09. The molecule has 1 N–H and O–H groups in total. The molecule has 0 aliphatic rings. The molecule has 2 aromatic carbocycles. The van der Waals surface area contributed by atoms with Gasteiger partial charge in [0.25, 0.3) is 0 Å². The number of fused-ring (bicyclic) bond motifs is 1. The Morgan fingerprint density at radius 1 is 1.00 bits per heavy atom. The van der Waals surface area contributed by atoms with E-state index in [1.165, 1.54) is 22.2 Å². The molecule has 0 saturated carbocycles. The third-order valence-electron chi connectivity index (χ3n) is 3.38. The van der Waals surface area contributed by atoms with Crippen molar-refractivity contribution in [3.8, 4) is 0 Å². The summed E-state index contributed by atoms with van der Waals surface area (Å²) in [5.41, 5.74) is 3.78. The number of nitrogens with one attached hydrogen (secondary N) is 1. The summed E-state index contributed by atoms with van der Waals surface area (Å²) >= 11 is 0. The maximum atomic E-state index is 3.47. The fourth-order valence-corrected chi connectivity index (χ4v) is 2.41. The fraction of sp³-hybridized carbons (Fsp3) is 0.176. The molecule has 0 bridgehead atoms. The summed E-state index contributed by atoms with van der Waals surface area (Å²) in [5, 5.41) is 4.77. The third-order valence-corrected chi connectivity index (χ3v) is 3.38. The van der Waals surface area contributed by atoms with E-state index in [0.29, 0.717) is 0 Å². The summed E-state index contributed by atoms with van der Waals surface area (Å²) in [6, 6.07) is 19.1. The SMILES string of the molecule is Cc1cccc(NCCn2ccc3ccccc32)c1. The molecule has 2 nitrogen and oxygen atoms in total. The first-order valence-electron chi connectivity index (χ1n) is 6.67. The normalized spacial score (nSPS) is 10.8. The molecule has 96 valence electrons. The van der Waals surface area contributed by atoms with Crippen LogP contribution in [-0.4, -0.2) is 11.1 Å². The van der Waals surface area contributed by atoms with Crippen molar-refractivity contribution < 1.29 is 0 Å². The van der Waals surface area contributed by atoms with E-state index < -0.39 is 0 Å². The van der Waals surface area contributed by atoms with Crippen molar-refractivity contribution >= 4 is 16.6 Å². The molecule has 0 atom stereocenters. The summed E-state index contributed by atoms with van der Waals surface area (Å²) in [7, 11) is 0. The number of para-hydroxylation sites is 1. The quantitative estimate of drug-likeness (QED) is 0.738. The number of hydrogen-bond acceptors (Lipinski definition) is 1. The highest BCUT2D eigenvalue weighted by atomic mass is 15.0. The van der Waals surface area contributed by atoms with Crippen LogP contribution < -0.4 is 5.32 Å². The predicted molar refractivity (Wildman–Crippen MR) is 81.6 cm³/mol. The Morgan fingerprint density at radius 3 is 2.79 bits per heavy atom. The van der Waals surface area contributed by atoms with Crippen molar-refractivity contribution in [3.63, 3.8) is 0 Å². The van der Waals surface area contributed by atoms with E-state index in [1.54, 1.807) is 0 Å². The van der Waals surface area contributed by atoms with Crippen LogP contribution in [0.4, 0.5) is 5.69 Å². The number of anilines is 1. The Labute approximate surface area is 113 Å². The number of nitrogens with zero attached hydrogens (tertiary/aromatic N) is 1. The molecule has 0 aliphatic heterocycles. The average Bonchev–Trinajstić information content (AvgIpc) is 2.83. The van der Waals surface area contributed by atoms with E-state index in [4.69, 9.17) is 0 Å². The minimum absolute atomic E-state index is 0.933. The highest BCUT2D eigenvalue weighted by Gasteiger charge is 1.99. The summed E-state index contributed by atoms with van der Waals surface area (Å²) in [6.07, 6.45) is 2.16. The largest absolute Gasteiger partial charge is 0.383 e. The van der Waals surface area contributed by atoms with Gasteiger partial charge in [-0.3, -0.25) is 0 Å². The van der Waals surface area contributed by atoms with Crippen LogP contribution in [0.15, 0.2) is 60.8 Å². The molecule has 0 aliphatic carbocycles. The zero-order valence-corrected chi connectivity index (χ0v) is 11.1. The predicted octanol–water partition coefficient (Wildman–Crippen LogP) is 4.06. The lowest BCUT2D eigenvalue weighted by Gasteiger charge is -2.09. The van der Waals surface area contributed by atoms with Crippen LogP contribution in [0.2, 0.25) is 0 Å². The zero-order valence-electron chi connectivity index (χ0n) is 11.1. The standard InChI is InChI=1S/C17H18N2/c1-14-5-4-7-16(13-14)18-10-12-19-11-9-15-6-2-3-8-17(15)19/h2-9,11,13,18H,10,12H2,1H3. The van der Waals surface area contributed by atoms with Gasteiger partial charge in [0, 0.05) is 30.5 Å². The number of hydrogen-bond donors (Lipinski definition) is 1. The molecule has 1 heterocycles. The topological polar surface area (TPSA) is 17.0 Å². The summed E-state index contributed by atoms with van der Waals surface area (Å²) < 4.78 is 2.29. The monoisotopic (exact) mass is 250 g/mol. The van der Waals surface area contributed by atoms with Gasteiger partial charge in [-0.25, -0.2) is 0 Å². The van der Waals surface area contributed by atoms with Gasteiger partial charge in [0.15, 0.2) is 0 Å². The highest BCUT2D eigenvalue weighted by molar-refractivity contribution is 5.79. The average molecular weight is 250 g/mol. The Hall–Kier alpha value is -2.22. The minimum atomic E-state index is 0.933. The number of aryl methyl sites for hydroxylation is 1. The van der Waals surface area contributed by atoms with Crippen molar-refractivity contribution in [1.82, 2.24) is 4.57 Å². The van der Waals surface area contributed by atoms with Crippen LogP contribution >= 0.6 is 0 Å². The second-order valence-corrected chi connectivity index (χ2v) is 4.86. The van der Waals surface area contributed by atoms with Crippen molar-refractivity contribution in [2.24, 2.45) is 0 Å². The van der Waals surface area contributed by atoms with Gasteiger partial charge in [-0.1, -0.05) is 30.3 Å². The highest BCUT2D eigenvalue weighted by Crippen LogP contribution is 2.15. The van der Waals surface area contributed by atoms with Gasteiger partial charge in [0.05, 0.1) is 0 Å². The Kier molecular flexibility index (Phi) is 3.23. The smallest absolute Gasteiger partial charge is 0.0480 e. The molecule has 1 aromatic heterocycles. The van der Waals surface area contributed by atoms with Crippen LogP contribution in [0, 0.1) is 6.92 Å². The van der Waals surface area contributed by atoms with Gasteiger partial charge in [0.1, 0.15) is 0 Å². The number of benzene rings is 2. The van der Waals surface area contributed by atoms with Gasteiger partial charge in [-0.05, 0) is 42.1 Å². The summed E-state index contributed by atoms with van der Waals surface area (Å²) in [6.45, 7) is 4.02. The Morgan fingerprint density at radius 2 is 1.89 bits per heavy atom. The molecule has 2 heteroatoms. The van der Waals surface area contributed by atoms with Gasteiger partial charge < -0.3 is 9.88 Å². The Balaban J connectivity index is 1.66. The molecule has 0 spiro atoms. The van der Waals surface area contributed by atoms with E-state index in [0.717, 1.165) is 13.1 Å². The first-order valence-corrected chi connectivity index (χ1v) is 6.67. The summed E-state index contributed by atoms with van der Waals surface area (Å²) in [5.74, 6) is 0. The molecule has 19 heavy (non-hydrogen) atoms. The summed E-state index contributed by atoms with van der Waals surface area (Å²) in [4.78, 5) is 0. The lowest BCUT2D eigenvalue weighted by molar-refractivity contribution is 0.757. The zero-order chi connectivity index (χ0) is 13.1. The van der Waals surface area contributed by atoms with E-state index in [9.17, 15) is 0 Å². The lowest BCUT2D eigenvalue weighted by atomic mass is 10.2. The van der Waals surface area contributed by atoms with E-state index in [1.807, 2.05) is 0 Å². The minimum Gasteiger partial charge on any atom is -0.383 e. The first kappa shape index (κ1) is 11.8. The third kappa shape index (κ3) is 2.63. The van der Waals surface area contributed by atoms with Crippen LogP contribution in [0.25, 0.3) is 10.9 Å². The maximum absolute atomic E-state index is 3.47. The maximum Gasteiger partial charge on any atom is 0.0480 e. The van der Waals surface area contributed by atoms with Crippen molar-refractivity contribution in [1.29, 1.82) is 0 Å². The van der Waals surface area contributed by atoms with Crippen molar-refractivity contribution in [3.05, 3.63) is 66.4 Å². The molecule has 0 unspecified atom stereocenters. The van der Waals surface area contributed by atoms with Crippen LogP contribution in [-0.2, 0) is 6.54 Å². The molecule has 0 radical (unpaired) electrons. The number of rotatable bonds is 4. The molecule has 3 aromatic rings. The van der Waals surface area contributed by atoms with E-state index >= 15 is 0 Å². The van der Waals surface area contributed by atoms with Gasteiger partial charge in [-0.15, -0.1) is 0 Å². The molecular weight excluding hydrogens is 232 g/mol. The fourth-order valence-electron chi connectivity index (χ4n) is 2.41. The molecule has 0 fully saturated rings. The molecule has 3 rings (SSSR count). The molecule has 0 saturated heterocycles. The van der Waals surface area contributed by atoms with E-state index in [2.05, 4.69) is 77.6 Å². The van der Waals surface area contributed by atoms with Gasteiger partial charge in [0.2, 0.25) is 0 Å². The Bertz CT molecular complexity index is 682. The van der Waals surface area contributed by atoms with Crippen molar-refractivity contribution in [2.45, 2.75) is 13.5 Å².